The van der Waals surface area contributed by atoms with Crippen LogP contribution in [0.1, 0.15) is 5.56 Å². The van der Waals surface area contributed by atoms with Gasteiger partial charge in [-0.25, -0.2) is 4.99 Å². The number of benzene rings is 1. The number of carbonyl (C=O) groups is 1. The third-order valence-corrected chi connectivity index (χ3v) is 3.87. The third kappa shape index (κ3) is 2.20. The molecule has 20 heavy (non-hydrogen) atoms. The van der Waals surface area contributed by atoms with Gasteiger partial charge in [0.05, 0.1) is 5.52 Å². The highest BCUT2D eigenvalue weighted by Crippen LogP contribution is 2.22. The van der Waals surface area contributed by atoms with E-state index in [1.165, 1.54) is 11.8 Å². The number of nitrogens with zero attached hydrogens (tertiary/aromatic N) is 3. The smallest absolute Gasteiger partial charge is 0.278 e. The van der Waals surface area contributed by atoms with Crippen molar-refractivity contribution in [2.24, 2.45) is 4.99 Å². The maximum atomic E-state index is 12.1. The van der Waals surface area contributed by atoms with Gasteiger partial charge in [-0.05, 0) is 36.1 Å². The molecule has 4 nitrogen and oxygen atoms in total. The number of hydrogen-bond acceptors (Lipinski definition) is 4. The van der Waals surface area contributed by atoms with Crippen molar-refractivity contribution < 1.29 is 4.79 Å². The Balaban J connectivity index is 2.02. The lowest BCUT2D eigenvalue weighted by molar-refractivity contribution is -0.121. The molecule has 0 saturated carbocycles. The molecule has 1 aromatic heterocycles. The first kappa shape index (κ1) is 12.9. The highest BCUT2D eigenvalue weighted by Gasteiger charge is 2.25. The normalized spacial score (nSPS) is 17.1. The first-order valence-corrected chi connectivity index (χ1v) is 7.39. The lowest BCUT2D eigenvalue weighted by Crippen LogP contribution is -2.25. The lowest BCUT2D eigenvalue weighted by atomic mass is 10.1. The molecule has 2 aromatic rings. The Labute approximate surface area is 121 Å². The van der Waals surface area contributed by atoms with Gasteiger partial charge in [0.15, 0.2) is 5.17 Å². The van der Waals surface area contributed by atoms with E-state index in [2.05, 4.69) is 9.98 Å². The van der Waals surface area contributed by atoms with Gasteiger partial charge in [-0.2, -0.15) is 0 Å². The molecule has 3 rings (SSSR count). The molecule has 0 saturated heterocycles. The van der Waals surface area contributed by atoms with Gasteiger partial charge in [0.1, 0.15) is 5.70 Å². The van der Waals surface area contributed by atoms with Crippen LogP contribution in [-0.2, 0) is 4.79 Å². The van der Waals surface area contributed by atoms with Crippen LogP contribution in [0.2, 0.25) is 0 Å². The fourth-order valence-electron chi connectivity index (χ4n) is 2.10. The van der Waals surface area contributed by atoms with Crippen LogP contribution in [0.25, 0.3) is 17.0 Å². The number of amidine groups is 1. The van der Waals surface area contributed by atoms with Crippen molar-refractivity contribution in [2.45, 2.75) is 0 Å². The van der Waals surface area contributed by atoms with E-state index in [1.54, 1.807) is 18.1 Å². The Morgan fingerprint density at radius 3 is 2.90 bits per heavy atom. The van der Waals surface area contributed by atoms with Crippen molar-refractivity contribution in [1.29, 1.82) is 0 Å². The highest BCUT2D eigenvalue weighted by molar-refractivity contribution is 8.13. The topological polar surface area (TPSA) is 45.6 Å². The summed E-state index contributed by atoms with van der Waals surface area (Å²) in [6.45, 7) is 0. The van der Waals surface area contributed by atoms with Crippen molar-refractivity contribution in [3.63, 3.8) is 0 Å². The Hall–Kier alpha value is -2.14. The minimum Gasteiger partial charge on any atom is -0.289 e. The number of pyridine rings is 1. The molecule has 0 aliphatic carbocycles. The van der Waals surface area contributed by atoms with E-state index in [4.69, 9.17) is 0 Å². The van der Waals surface area contributed by atoms with E-state index >= 15 is 0 Å². The van der Waals surface area contributed by atoms with Crippen molar-refractivity contribution in [1.82, 2.24) is 9.88 Å². The first-order chi connectivity index (χ1) is 9.69. The summed E-state index contributed by atoms with van der Waals surface area (Å²) < 4.78 is 0. The summed E-state index contributed by atoms with van der Waals surface area (Å²) in [5, 5.41) is 1.78. The van der Waals surface area contributed by atoms with Crippen LogP contribution in [-0.4, -0.2) is 34.3 Å². The summed E-state index contributed by atoms with van der Waals surface area (Å²) in [5.41, 5.74) is 2.37. The monoisotopic (exact) mass is 283 g/mol. The van der Waals surface area contributed by atoms with E-state index in [-0.39, 0.29) is 5.91 Å². The summed E-state index contributed by atoms with van der Waals surface area (Å²) in [6, 6.07) is 9.81. The number of hydrogen-bond donors (Lipinski definition) is 0. The predicted octanol–water partition coefficient (Wildman–Crippen LogP) is 2.77. The molecule has 100 valence electrons. The van der Waals surface area contributed by atoms with Gasteiger partial charge in [0, 0.05) is 18.6 Å². The molecule has 0 fully saturated rings. The van der Waals surface area contributed by atoms with Crippen LogP contribution in [0.5, 0.6) is 0 Å². The fraction of sp³-hybridized carbons (Fsp3) is 0.133. The van der Waals surface area contributed by atoms with Gasteiger partial charge in [-0.15, -0.1) is 0 Å². The number of amides is 1. The summed E-state index contributed by atoms with van der Waals surface area (Å²) >= 11 is 1.47. The Morgan fingerprint density at radius 2 is 2.15 bits per heavy atom. The van der Waals surface area contributed by atoms with Gasteiger partial charge in [0.2, 0.25) is 0 Å². The van der Waals surface area contributed by atoms with Gasteiger partial charge in [-0.1, -0.05) is 23.9 Å². The summed E-state index contributed by atoms with van der Waals surface area (Å²) in [4.78, 5) is 22.3. The second-order valence-electron chi connectivity index (χ2n) is 4.45. The molecule has 0 N–H and O–H groups in total. The molecule has 0 bridgehead atoms. The molecule has 1 aliphatic heterocycles. The molecule has 1 aliphatic rings. The second kappa shape index (κ2) is 5.09. The summed E-state index contributed by atoms with van der Waals surface area (Å²) in [7, 11) is 1.74. The first-order valence-electron chi connectivity index (χ1n) is 6.16. The van der Waals surface area contributed by atoms with Gasteiger partial charge < -0.3 is 0 Å². The molecule has 0 atom stereocenters. The maximum Gasteiger partial charge on any atom is 0.278 e. The van der Waals surface area contributed by atoms with Gasteiger partial charge >= 0.3 is 0 Å². The standard InChI is InChI=1S/C15H13N3OS/c1-18-14(19)13(17-15(18)20-2)9-10-5-6-12-11(8-10)4-3-7-16-12/h3-9H,1-2H3/b13-9-. The summed E-state index contributed by atoms with van der Waals surface area (Å²) in [5.74, 6) is -0.0689. The Kier molecular flexibility index (Phi) is 3.28. The Morgan fingerprint density at radius 1 is 1.30 bits per heavy atom. The molecule has 1 aromatic carbocycles. The molecular weight excluding hydrogens is 270 g/mol. The van der Waals surface area contributed by atoms with Crippen LogP contribution in [0.3, 0.4) is 0 Å². The van der Waals surface area contributed by atoms with E-state index in [9.17, 15) is 4.79 Å². The minimum atomic E-state index is -0.0689. The number of carbonyl (C=O) groups excluding carboxylic acids is 1. The van der Waals surface area contributed by atoms with Crippen LogP contribution < -0.4 is 0 Å². The fourth-order valence-corrected chi connectivity index (χ4v) is 2.65. The SMILES string of the molecule is CSC1=N/C(=C\c2ccc3ncccc3c2)C(=O)N1C. The average Bonchev–Trinajstić information content (AvgIpc) is 2.75. The van der Waals surface area contributed by atoms with Gasteiger partial charge in [0.25, 0.3) is 5.91 Å². The van der Waals surface area contributed by atoms with Crippen molar-refractivity contribution in [2.75, 3.05) is 13.3 Å². The lowest BCUT2D eigenvalue weighted by Gasteiger charge is -2.07. The number of aromatic nitrogens is 1. The number of thioether (sulfide) groups is 1. The number of rotatable bonds is 1. The predicted molar refractivity (Wildman–Crippen MR) is 83.4 cm³/mol. The molecule has 1 amide bonds. The highest BCUT2D eigenvalue weighted by atomic mass is 32.2. The summed E-state index contributed by atoms with van der Waals surface area (Å²) in [6.07, 6.45) is 5.49. The Bertz CT molecular complexity index is 752. The number of aliphatic imine (C=N–C) groups is 1. The maximum absolute atomic E-state index is 12.1. The van der Waals surface area contributed by atoms with Crippen LogP contribution in [0, 0.1) is 0 Å². The zero-order chi connectivity index (χ0) is 14.1. The molecule has 0 radical (unpaired) electrons. The molecule has 2 heterocycles. The quantitative estimate of drug-likeness (QED) is 0.756. The van der Waals surface area contributed by atoms with Crippen LogP contribution in [0.15, 0.2) is 47.2 Å². The van der Waals surface area contributed by atoms with Gasteiger partial charge in [-0.3, -0.25) is 14.7 Å². The van der Waals surface area contributed by atoms with Crippen molar-refractivity contribution in [3.05, 3.63) is 47.8 Å². The second-order valence-corrected chi connectivity index (χ2v) is 5.22. The third-order valence-electron chi connectivity index (χ3n) is 3.14. The van der Waals surface area contributed by atoms with Crippen LogP contribution >= 0.6 is 11.8 Å². The van der Waals surface area contributed by atoms with E-state index < -0.39 is 0 Å². The van der Waals surface area contributed by atoms with Crippen molar-refractivity contribution in [3.8, 4) is 0 Å². The number of likely N-dealkylation sites (N-methyl/N-ethyl adjacent to an activating group) is 1. The van der Waals surface area contributed by atoms with E-state index in [1.807, 2.05) is 42.7 Å². The largest absolute Gasteiger partial charge is 0.289 e. The number of fused-ring (bicyclic) bond motifs is 1. The molecule has 0 spiro atoms. The molecule has 0 unspecified atom stereocenters. The average molecular weight is 283 g/mol. The van der Waals surface area contributed by atoms with Crippen LogP contribution in [0.4, 0.5) is 0 Å². The van der Waals surface area contributed by atoms with E-state index in [0.29, 0.717) is 5.70 Å². The molecular formula is C15H13N3OS. The molecule has 5 heteroatoms. The zero-order valence-corrected chi connectivity index (χ0v) is 12.0. The van der Waals surface area contributed by atoms with E-state index in [0.717, 1.165) is 21.6 Å². The zero-order valence-electron chi connectivity index (χ0n) is 11.2. The minimum absolute atomic E-state index is 0.0689. The van der Waals surface area contributed by atoms with Crippen molar-refractivity contribution >= 4 is 39.8 Å².